The molecule has 0 aliphatic heterocycles. The fourth-order valence-corrected chi connectivity index (χ4v) is 3.03. The molecule has 0 aromatic carbocycles. The normalized spacial score (nSPS) is 18.0. The highest BCUT2D eigenvalue weighted by atomic mass is 32.1. The average Bonchev–Trinajstić information content (AvgIpc) is 3.06. The number of rotatable bonds is 6. The third-order valence-electron chi connectivity index (χ3n) is 3.76. The average molecular weight is 281 g/mol. The summed E-state index contributed by atoms with van der Waals surface area (Å²) < 4.78 is 0. The van der Waals surface area contributed by atoms with E-state index in [1.807, 2.05) is 0 Å². The van der Waals surface area contributed by atoms with E-state index in [1.165, 1.54) is 23.5 Å². The smallest absolute Gasteiger partial charge is 0.0982 e. The Hall–Kier alpha value is -0.450. The molecule has 1 unspecified atom stereocenters. The van der Waals surface area contributed by atoms with Crippen LogP contribution in [0, 0.1) is 0 Å². The third-order valence-corrected chi connectivity index (χ3v) is 5.07. The van der Waals surface area contributed by atoms with Crippen LogP contribution in [0.1, 0.15) is 51.2 Å². The van der Waals surface area contributed by atoms with Gasteiger partial charge >= 0.3 is 0 Å². The molecule has 1 fully saturated rings. The maximum Gasteiger partial charge on any atom is 0.0982 e. The Morgan fingerprint density at radius 3 is 2.68 bits per heavy atom. The van der Waals surface area contributed by atoms with Gasteiger partial charge in [-0.15, -0.1) is 11.3 Å². The number of hydrogen-bond donors (Lipinski definition) is 1. The van der Waals surface area contributed by atoms with Gasteiger partial charge in [0.15, 0.2) is 0 Å². The number of aromatic nitrogens is 1. The Kier molecular flexibility index (Phi) is 4.64. The molecule has 1 atom stereocenters. The van der Waals surface area contributed by atoms with Crippen LogP contribution in [0.2, 0.25) is 0 Å². The highest BCUT2D eigenvalue weighted by molar-refractivity contribution is 7.09. The SMILES string of the molecule is CC(CNCc1csc(C(C)(C)C)n1)N(C)C1CC1. The zero-order valence-electron chi connectivity index (χ0n) is 12.9. The van der Waals surface area contributed by atoms with Crippen molar-refractivity contribution in [2.24, 2.45) is 0 Å². The van der Waals surface area contributed by atoms with Crippen LogP contribution in [-0.2, 0) is 12.0 Å². The van der Waals surface area contributed by atoms with E-state index in [4.69, 9.17) is 4.98 Å². The third kappa shape index (κ3) is 4.26. The second kappa shape index (κ2) is 5.90. The molecule has 1 aromatic heterocycles. The van der Waals surface area contributed by atoms with Crippen LogP contribution in [0.15, 0.2) is 5.38 Å². The van der Waals surface area contributed by atoms with Crippen molar-refractivity contribution in [2.45, 2.75) is 64.6 Å². The summed E-state index contributed by atoms with van der Waals surface area (Å²) in [6.07, 6.45) is 2.75. The lowest BCUT2D eigenvalue weighted by Crippen LogP contribution is -2.38. The van der Waals surface area contributed by atoms with Crippen LogP contribution in [0.25, 0.3) is 0 Å². The summed E-state index contributed by atoms with van der Waals surface area (Å²) in [5.74, 6) is 0. The van der Waals surface area contributed by atoms with Gasteiger partial charge in [-0.1, -0.05) is 20.8 Å². The molecule has 1 aromatic rings. The summed E-state index contributed by atoms with van der Waals surface area (Å²) in [4.78, 5) is 7.21. The maximum atomic E-state index is 4.71. The molecule has 19 heavy (non-hydrogen) atoms. The first kappa shape index (κ1) is 14.9. The van der Waals surface area contributed by atoms with Crippen molar-refractivity contribution in [3.8, 4) is 0 Å². The van der Waals surface area contributed by atoms with Crippen molar-refractivity contribution in [3.63, 3.8) is 0 Å². The first-order chi connectivity index (χ1) is 8.88. The van der Waals surface area contributed by atoms with Gasteiger partial charge in [-0.25, -0.2) is 4.98 Å². The Labute approximate surface area is 121 Å². The molecule has 1 saturated carbocycles. The molecule has 2 rings (SSSR count). The Balaban J connectivity index is 1.74. The summed E-state index contributed by atoms with van der Waals surface area (Å²) in [6.45, 7) is 10.9. The van der Waals surface area contributed by atoms with Gasteiger partial charge in [0.05, 0.1) is 10.7 Å². The molecule has 3 nitrogen and oxygen atoms in total. The van der Waals surface area contributed by atoms with Crippen LogP contribution in [0.5, 0.6) is 0 Å². The molecule has 1 aliphatic carbocycles. The maximum absolute atomic E-state index is 4.71. The zero-order chi connectivity index (χ0) is 14.0. The van der Waals surface area contributed by atoms with Crippen molar-refractivity contribution < 1.29 is 0 Å². The van der Waals surface area contributed by atoms with Gasteiger partial charge < -0.3 is 5.32 Å². The van der Waals surface area contributed by atoms with E-state index in [-0.39, 0.29) is 5.41 Å². The quantitative estimate of drug-likeness (QED) is 0.869. The van der Waals surface area contributed by atoms with Gasteiger partial charge in [0, 0.05) is 36.0 Å². The molecule has 108 valence electrons. The van der Waals surface area contributed by atoms with Gasteiger partial charge in [0.25, 0.3) is 0 Å². The van der Waals surface area contributed by atoms with Crippen molar-refractivity contribution in [1.29, 1.82) is 0 Å². The first-order valence-corrected chi connectivity index (χ1v) is 8.13. The second-order valence-electron chi connectivity index (χ2n) is 6.77. The number of nitrogens with one attached hydrogen (secondary N) is 1. The summed E-state index contributed by atoms with van der Waals surface area (Å²) >= 11 is 1.77. The summed E-state index contributed by atoms with van der Waals surface area (Å²) in [6, 6.07) is 1.44. The largest absolute Gasteiger partial charge is 0.310 e. The van der Waals surface area contributed by atoms with E-state index in [9.17, 15) is 0 Å². The fourth-order valence-electron chi connectivity index (χ4n) is 2.13. The predicted octanol–water partition coefficient (Wildman–Crippen LogP) is 3.01. The standard InChI is InChI=1S/C15H27N3S/c1-11(18(5)13-6-7-13)8-16-9-12-10-19-14(17-12)15(2,3)4/h10-11,13,16H,6-9H2,1-5H3. The molecule has 4 heteroatoms. The van der Waals surface area contributed by atoms with Crippen LogP contribution < -0.4 is 5.32 Å². The number of thiazole rings is 1. The van der Waals surface area contributed by atoms with Crippen LogP contribution in [0.4, 0.5) is 0 Å². The molecule has 1 aliphatic rings. The molecule has 1 heterocycles. The monoisotopic (exact) mass is 281 g/mol. The number of likely N-dealkylation sites (N-methyl/N-ethyl adjacent to an activating group) is 1. The van der Waals surface area contributed by atoms with E-state index >= 15 is 0 Å². The van der Waals surface area contributed by atoms with Gasteiger partial charge in [-0.05, 0) is 26.8 Å². The topological polar surface area (TPSA) is 28.2 Å². The number of hydrogen-bond acceptors (Lipinski definition) is 4. The lowest BCUT2D eigenvalue weighted by atomic mass is 9.98. The van der Waals surface area contributed by atoms with Gasteiger partial charge in [-0.2, -0.15) is 0 Å². The van der Waals surface area contributed by atoms with E-state index in [1.54, 1.807) is 11.3 Å². The summed E-state index contributed by atoms with van der Waals surface area (Å²) in [7, 11) is 2.24. The Morgan fingerprint density at radius 2 is 2.16 bits per heavy atom. The van der Waals surface area contributed by atoms with E-state index in [0.29, 0.717) is 6.04 Å². The molecular weight excluding hydrogens is 254 g/mol. The molecular formula is C15H27N3S. The minimum atomic E-state index is 0.169. The summed E-state index contributed by atoms with van der Waals surface area (Å²) in [5.41, 5.74) is 1.35. The molecule has 0 bridgehead atoms. The van der Waals surface area contributed by atoms with Crippen LogP contribution in [0.3, 0.4) is 0 Å². The van der Waals surface area contributed by atoms with Crippen LogP contribution in [-0.4, -0.2) is 35.6 Å². The van der Waals surface area contributed by atoms with Crippen molar-refractivity contribution >= 4 is 11.3 Å². The Morgan fingerprint density at radius 1 is 1.47 bits per heavy atom. The van der Waals surface area contributed by atoms with Crippen molar-refractivity contribution in [3.05, 3.63) is 16.1 Å². The van der Waals surface area contributed by atoms with Crippen LogP contribution >= 0.6 is 11.3 Å². The van der Waals surface area contributed by atoms with E-state index in [0.717, 1.165) is 19.1 Å². The molecule has 0 saturated heterocycles. The molecule has 0 amide bonds. The van der Waals surface area contributed by atoms with Crippen molar-refractivity contribution in [2.75, 3.05) is 13.6 Å². The zero-order valence-corrected chi connectivity index (χ0v) is 13.7. The summed E-state index contributed by atoms with van der Waals surface area (Å²) in [5, 5.41) is 6.94. The number of nitrogens with zero attached hydrogens (tertiary/aromatic N) is 2. The van der Waals surface area contributed by atoms with E-state index < -0.39 is 0 Å². The molecule has 0 radical (unpaired) electrons. The second-order valence-corrected chi connectivity index (χ2v) is 7.63. The molecule has 1 N–H and O–H groups in total. The predicted molar refractivity (Wildman–Crippen MR) is 82.8 cm³/mol. The lowest BCUT2D eigenvalue weighted by molar-refractivity contribution is 0.241. The minimum absolute atomic E-state index is 0.169. The Bertz CT molecular complexity index is 404. The van der Waals surface area contributed by atoms with E-state index in [2.05, 4.69) is 50.3 Å². The first-order valence-electron chi connectivity index (χ1n) is 7.25. The molecule has 0 spiro atoms. The van der Waals surface area contributed by atoms with Gasteiger partial charge in [0.1, 0.15) is 0 Å². The minimum Gasteiger partial charge on any atom is -0.310 e. The lowest BCUT2D eigenvalue weighted by Gasteiger charge is -2.24. The highest BCUT2D eigenvalue weighted by Gasteiger charge is 2.28. The van der Waals surface area contributed by atoms with Crippen molar-refractivity contribution in [1.82, 2.24) is 15.2 Å². The highest BCUT2D eigenvalue weighted by Crippen LogP contribution is 2.27. The van der Waals surface area contributed by atoms with Gasteiger partial charge in [-0.3, -0.25) is 4.90 Å². The van der Waals surface area contributed by atoms with Gasteiger partial charge in [0.2, 0.25) is 0 Å². The fraction of sp³-hybridized carbons (Fsp3) is 0.800.